The first-order chi connectivity index (χ1) is 13.9. The molecule has 0 radical (unpaired) electrons. The van der Waals surface area contributed by atoms with Crippen molar-refractivity contribution in [2.75, 3.05) is 26.7 Å². The fourth-order valence-electron chi connectivity index (χ4n) is 3.92. The second kappa shape index (κ2) is 8.51. The van der Waals surface area contributed by atoms with Crippen LogP contribution in [-0.2, 0) is 19.7 Å². The van der Waals surface area contributed by atoms with Crippen LogP contribution in [0.15, 0.2) is 40.8 Å². The summed E-state index contributed by atoms with van der Waals surface area (Å²) in [7, 11) is 1.39. The zero-order valence-electron chi connectivity index (χ0n) is 17.0. The molecule has 154 valence electrons. The molecule has 0 aliphatic carbocycles. The quantitative estimate of drug-likeness (QED) is 0.781. The topological polar surface area (TPSA) is 88.9 Å². The number of aryl methyl sites for hydroxylation is 2. The number of nitrogens with zero attached hydrogens (tertiary/aromatic N) is 1. The summed E-state index contributed by atoms with van der Waals surface area (Å²) < 4.78 is 10.4. The highest BCUT2D eigenvalue weighted by molar-refractivity contribution is 5.97. The van der Waals surface area contributed by atoms with Gasteiger partial charge in [-0.05, 0) is 38.3 Å². The van der Waals surface area contributed by atoms with E-state index in [1.807, 2.05) is 30.3 Å². The van der Waals surface area contributed by atoms with Gasteiger partial charge in [-0.2, -0.15) is 0 Å². The Morgan fingerprint density at radius 1 is 1.14 bits per heavy atom. The molecular weight excluding hydrogens is 372 g/mol. The molecule has 1 saturated heterocycles. The molecule has 2 amide bonds. The number of piperidine rings is 1. The number of nitrogens with one attached hydrogen (secondary N) is 1. The van der Waals surface area contributed by atoms with Crippen LogP contribution in [0.25, 0.3) is 0 Å². The van der Waals surface area contributed by atoms with Crippen molar-refractivity contribution >= 4 is 17.8 Å². The Hall–Kier alpha value is -3.09. The molecule has 7 nitrogen and oxygen atoms in total. The van der Waals surface area contributed by atoms with Gasteiger partial charge >= 0.3 is 5.97 Å². The van der Waals surface area contributed by atoms with Crippen molar-refractivity contribution in [1.82, 2.24) is 10.2 Å². The van der Waals surface area contributed by atoms with E-state index in [1.165, 1.54) is 7.11 Å². The van der Waals surface area contributed by atoms with Crippen LogP contribution in [0.3, 0.4) is 0 Å². The summed E-state index contributed by atoms with van der Waals surface area (Å²) in [4.78, 5) is 39.1. The fourth-order valence-corrected chi connectivity index (χ4v) is 3.92. The zero-order valence-corrected chi connectivity index (χ0v) is 17.0. The number of likely N-dealkylation sites (tertiary alicyclic amines) is 1. The zero-order chi connectivity index (χ0) is 21.0. The summed E-state index contributed by atoms with van der Waals surface area (Å²) in [5.74, 6) is 0.377. The molecule has 1 aromatic heterocycles. The normalized spacial score (nSPS) is 15.6. The molecular formula is C22H26N2O5. The Morgan fingerprint density at radius 3 is 2.34 bits per heavy atom. The number of rotatable bonds is 5. The Kier molecular flexibility index (Phi) is 6.06. The number of esters is 1. The number of methoxy groups -OCH3 is 1. The Labute approximate surface area is 170 Å². The first kappa shape index (κ1) is 20.6. The summed E-state index contributed by atoms with van der Waals surface area (Å²) in [6.07, 6.45) is 0.951. The minimum Gasteiger partial charge on any atom is -0.468 e. The van der Waals surface area contributed by atoms with Gasteiger partial charge < -0.3 is 19.4 Å². The van der Waals surface area contributed by atoms with Gasteiger partial charge in [0.1, 0.15) is 11.5 Å². The van der Waals surface area contributed by atoms with Crippen LogP contribution < -0.4 is 5.32 Å². The predicted molar refractivity (Wildman–Crippen MR) is 106 cm³/mol. The van der Waals surface area contributed by atoms with Gasteiger partial charge in [0.2, 0.25) is 5.91 Å². The number of benzene rings is 1. The van der Waals surface area contributed by atoms with E-state index in [9.17, 15) is 14.4 Å². The van der Waals surface area contributed by atoms with Gasteiger partial charge in [-0.15, -0.1) is 0 Å². The van der Waals surface area contributed by atoms with Gasteiger partial charge in [0.15, 0.2) is 0 Å². The highest BCUT2D eigenvalue weighted by Gasteiger charge is 2.44. The SMILES string of the molecule is COC(=O)C1(c2ccccc2)CCN(C(=O)CNC(=O)c2cc(C)oc2C)CC1. The first-order valence-corrected chi connectivity index (χ1v) is 9.64. The summed E-state index contributed by atoms with van der Waals surface area (Å²) in [6.45, 7) is 4.22. The van der Waals surface area contributed by atoms with Gasteiger partial charge in [0.05, 0.1) is 24.6 Å². The molecule has 7 heteroatoms. The standard InChI is InChI=1S/C22H26N2O5/c1-15-13-18(16(2)29-15)20(26)23-14-19(25)24-11-9-22(10-12-24,21(27)28-3)17-7-5-4-6-8-17/h4-8,13H,9-12,14H2,1-3H3,(H,23,26). The molecule has 1 aliphatic heterocycles. The maximum atomic E-state index is 12.6. The number of ether oxygens (including phenoxy) is 1. The van der Waals surface area contributed by atoms with Gasteiger partial charge in [-0.25, -0.2) is 0 Å². The van der Waals surface area contributed by atoms with E-state index < -0.39 is 5.41 Å². The average Bonchev–Trinajstić information content (AvgIpc) is 3.09. The van der Waals surface area contributed by atoms with E-state index in [4.69, 9.17) is 9.15 Å². The maximum absolute atomic E-state index is 12.6. The van der Waals surface area contributed by atoms with Gasteiger partial charge in [-0.1, -0.05) is 30.3 Å². The molecule has 29 heavy (non-hydrogen) atoms. The van der Waals surface area contributed by atoms with Crippen LogP contribution in [-0.4, -0.2) is 49.4 Å². The number of amides is 2. The van der Waals surface area contributed by atoms with E-state index in [-0.39, 0.29) is 24.3 Å². The largest absolute Gasteiger partial charge is 0.468 e. The van der Waals surface area contributed by atoms with Crippen LogP contribution >= 0.6 is 0 Å². The van der Waals surface area contributed by atoms with Crippen LogP contribution in [0.1, 0.15) is 40.3 Å². The summed E-state index contributed by atoms with van der Waals surface area (Å²) in [6, 6.07) is 11.2. The third-order valence-electron chi connectivity index (χ3n) is 5.56. The molecule has 2 aromatic rings. The molecule has 0 unspecified atom stereocenters. The molecule has 0 bridgehead atoms. The second-order valence-corrected chi connectivity index (χ2v) is 7.33. The highest BCUT2D eigenvalue weighted by Crippen LogP contribution is 2.36. The lowest BCUT2D eigenvalue weighted by Gasteiger charge is -2.40. The van der Waals surface area contributed by atoms with Gasteiger partial charge in [-0.3, -0.25) is 14.4 Å². The van der Waals surface area contributed by atoms with Crippen molar-refractivity contribution in [2.45, 2.75) is 32.1 Å². The van der Waals surface area contributed by atoms with Crippen LogP contribution in [0.4, 0.5) is 0 Å². The Bertz CT molecular complexity index is 895. The number of carbonyl (C=O) groups excluding carboxylic acids is 3. The average molecular weight is 398 g/mol. The molecule has 0 atom stereocenters. The lowest BCUT2D eigenvalue weighted by Crippen LogP contribution is -2.51. The van der Waals surface area contributed by atoms with Crippen molar-refractivity contribution in [3.63, 3.8) is 0 Å². The third-order valence-corrected chi connectivity index (χ3v) is 5.56. The Balaban J connectivity index is 1.61. The van der Waals surface area contributed by atoms with E-state index in [0.717, 1.165) is 5.56 Å². The lowest BCUT2D eigenvalue weighted by molar-refractivity contribution is -0.151. The van der Waals surface area contributed by atoms with E-state index >= 15 is 0 Å². The number of hydrogen-bond acceptors (Lipinski definition) is 5. The van der Waals surface area contributed by atoms with Crippen molar-refractivity contribution in [3.8, 4) is 0 Å². The monoisotopic (exact) mass is 398 g/mol. The summed E-state index contributed by atoms with van der Waals surface area (Å²) >= 11 is 0. The van der Waals surface area contributed by atoms with Gasteiger partial charge in [0.25, 0.3) is 5.91 Å². The minimum atomic E-state index is -0.749. The number of hydrogen-bond donors (Lipinski definition) is 1. The maximum Gasteiger partial charge on any atom is 0.316 e. The number of carbonyl (C=O) groups is 3. The smallest absolute Gasteiger partial charge is 0.316 e. The van der Waals surface area contributed by atoms with Crippen molar-refractivity contribution < 1.29 is 23.5 Å². The third kappa shape index (κ3) is 4.18. The van der Waals surface area contributed by atoms with Crippen molar-refractivity contribution in [2.24, 2.45) is 0 Å². The minimum absolute atomic E-state index is 0.0982. The van der Waals surface area contributed by atoms with Crippen LogP contribution in [0.5, 0.6) is 0 Å². The molecule has 0 spiro atoms. The van der Waals surface area contributed by atoms with Crippen molar-refractivity contribution in [1.29, 1.82) is 0 Å². The summed E-state index contributed by atoms with van der Waals surface area (Å²) in [5.41, 5.74) is 0.586. The highest BCUT2D eigenvalue weighted by atomic mass is 16.5. The molecule has 3 rings (SSSR count). The fraction of sp³-hybridized carbons (Fsp3) is 0.409. The van der Waals surface area contributed by atoms with Crippen molar-refractivity contribution in [3.05, 3.63) is 59.0 Å². The second-order valence-electron chi connectivity index (χ2n) is 7.33. The summed E-state index contributed by atoms with van der Waals surface area (Å²) in [5, 5.41) is 2.65. The van der Waals surface area contributed by atoms with Crippen LogP contribution in [0.2, 0.25) is 0 Å². The van der Waals surface area contributed by atoms with E-state index in [0.29, 0.717) is 43.0 Å². The molecule has 2 heterocycles. The Morgan fingerprint density at radius 2 is 1.79 bits per heavy atom. The molecule has 1 N–H and O–H groups in total. The van der Waals surface area contributed by atoms with Gasteiger partial charge in [0, 0.05) is 13.1 Å². The van der Waals surface area contributed by atoms with Crippen LogP contribution in [0, 0.1) is 13.8 Å². The lowest BCUT2D eigenvalue weighted by atomic mass is 9.72. The molecule has 1 aromatic carbocycles. The molecule has 1 aliphatic rings. The molecule has 1 fully saturated rings. The predicted octanol–water partition coefficient (Wildman–Crippen LogP) is 2.36. The number of furan rings is 1. The van der Waals surface area contributed by atoms with E-state index in [1.54, 1.807) is 24.8 Å². The first-order valence-electron chi connectivity index (χ1n) is 9.64. The molecule has 0 saturated carbocycles. The van der Waals surface area contributed by atoms with E-state index in [2.05, 4.69) is 5.32 Å².